The first-order chi connectivity index (χ1) is 10.5. The molecule has 2 aromatic rings. The van der Waals surface area contributed by atoms with E-state index in [0.717, 1.165) is 22.4 Å². The van der Waals surface area contributed by atoms with Crippen LogP contribution in [0.3, 0.4) is 0 Å². The standard InChI is InChI=1S/C18H18ClNO2/c1-12-6-4-7-13(2)18(12)20-16(21)11-10-14-8-5-9-15(22-3)17(14)19/h4-11H,1-3H3,(H,20,21)/b11-10+. The Morgan fingerprint density at radius 1 is 1.14 bits per heavy atom. The number of hydrogen-bond acceptors (Lipinski definition) is 2. The summed E-state index contributed by atoms with van der Waals surface area (Å²) in [6.07, 6.45) is 3.14. The van der Waals surface area contributed by atoms with Crippen LogP contribution in [0.5, 0.6) is 5.75 Å². The van der Waals surface area contributed by atoms with Gasteiger partial charge in [0, 0.05) is 11.8 Å². The second kappa shape index (κ2) is 7.14. The van der Waals surface area contributed by atoms with Gasteiger partial charge in [0.15, 0.2) is 0 Å². The first-order valence-corrected chi connectivity index (χ1v) is 7.28. The van der Waals surface area contributed by atoms with Crippen molar-refractivity contribution in [2.45, 2.75) is 13.8 Å². The molecule has 0 saturated heterocycles. The molecule has 1 amide bonds. The van der Waals surface area contributed by atoms with Crippen LogP contribution >= 0.6 is 11.6 Å². The number of rotatable bonds is 4. The molecular weight excluding hydrogens is 298 g/mol. The van der Waals surface area contributed by atoms with Gasteiger partial charge in [0.1, 0.15) is 5.75 Å². The molecule has 3 nitrogen and oxygen atoms in total. The molecule has 0 saturated carbocycles. The van der Waals surface area contributed by atoms with E-state index in [0.29, 0.717) is 10.8 Å². The van der Waals surface area contributed by atoms with Crippen molar-refractivity contribution in [3.63, 3.8) is 0 Å². The number of anilines is 1. The number of ether oxygens (including phenoxy) is 1. The summed E-state index contributed by atoms with van der Waals surface area (Å²) >= 11 is 6.20. The number of amides is 1. The van der Waals surface area contributed by atoms with Gasteiger partial charge in [-0.15, -0.1) is 0 Å². The predicted molar refractivity (Wildman–Crippen MR) is 91.6 cm³/mol. The van der Waals surface area contributed by atoms with E-state index in [9.17, 15) is 4.79 Å². The molecule has 4 heteroatoms. The maximum absolute atomic E-state index is 12.1. The minimum absolute atomic E-state index is 0.198. The fraction of sp³-hybridized carbons (Fsp3) is 0.167. The van der Waals surface area contributed by atoms with Gasteiger partial charge < -0.3 is 10.1 Å². The average Bonchev–Trinajstić information content (AvgIpc) is 2.50. The van der Waals surface area contributed by atoms with Gasteiger partial charge in [-0.25, -0.2) is 0 Å². The zero-order valence-corrected chi connectivity index (χ0v) is 13.6. The zero-order valence-electron chi connectivity index (χ0n) is 12.8. The van der Waals surface area contributed by atoms with Crippen molar-refractivity contribution in [2.24, 2.45) is 0 Å². The molecule has 0 heterocycles. The third-order valence-corrected chi connectivity index (χ3v) is 3.76. The van der Waals surface area contributed by atoms with Crippen LogP contribution in [0.15, 0.2) is 42.5 Å². The Bertz CT molecular complexity index is 703. The van der Waals surface area contributed by atoms with Crippen molar-refractivity contribution < 1.29 is 9.53 Å². The number of nitrogens with one attached hydrogen (secondary N) is 1. The maximum Gasteiger partial charge on any atom is 0.248 e. The molecule has 2 aromatic carbocycles. The minimum Gasteiger partial charge on any atom is -0.495 e. The number of carbonyl (C=O) groups is 1. The summed E-state index contributed by atoms with van der Waals surface area (Å²) in [7, 11) is 1.56. The van der Waals surface area contributed by atoms with Gasteiger partial charge in [-0.05, 0) is 42.7 Å². The molecule has 0 fully saturated rings. The monoisotopic (exact) mass is 315 g/mol. The van der Waals surface area contributed by atoms with E-state index in [1.54, 1.807) is 19.3 Å². The summed E-state index contributed by atoms with van der Waals surface area (Å²) in [4.78, 5) is 12.1. The van der Waals surface area contributed by atoms with E-state index in [-0.39, 0.29) is 5.91 Å². The van der Waals surface area contributed by atoms with Crippen molar-refractivity contribution in [3.05, 3.63) is 64.2 Å². The topological polar surface area (TPSA) is 38.3 Å². The lowest BCUT2D eigenvalue weighted by Crippen LogP contribution is -2.10. The van der Waals surface area contributed by atoms with Gasteiger partial charge in [-0.3, -0.25) is 4.79 Å². The van der Waals surface area contributed by atoms with Gasteiger partial charge in [0.05, 0.1) is 12.1 Å². The Morgan fingerprint density at radius 3 is 2.41 bits per heavy atom. The number of carbonyl (C=O) groups excluding carboxylic acids is 1. The quantitative estimate of drug-likeness (QED) is 0.836. The SMILES string of the molecule is COc1cccc(/C=C/C(=O)Nc2c(C)cccc2C)c1Cl. The molecule has 0 atom stereocenters. The molecule has 2 rings (SSSR count). The molecule has 0 aromatic heterocycles. The molecule has 0 radical (unpaired) electrons. The van der Waals surface area contributed by atoms with Crippen LogP contribution in [-0.4, -0.2) is 13.0 Å². The van der Waals surface area contributed by atoms with Crippen molar-refractivity contribution >= 4 is 29.3 Å². The lowest BCUT2D eigenvalue weighted by Gasteiger charge is -2.09. The number of aryl methyl sites for hydroxylation is 2. The van der Waals surface area contributed by atoms with Crippen LogP contribution in [0.2, 0.25) is 5.02 Å². The van der Waals surface area contributed by atoms with Crippen molar-refractivity contribution in [1.29, 1.82) is 0 Å². The summed E-state index contributed by atoms with van der Waals surface area (Å²) in [5, 5.41) is 3.38. The number of benzene rings is 2. The van der Waals surface area contributed by atoms with E-state index < -0.39 is 0 Å². The van der Waals surface area contributed by atoms with Crippen LogP contribution < -0.4 is 10.1 Å². The molecule has 0 aliphatic heterocycles. The first-order valence-electron chi connectivity index (χ1n) is 6.90. The van der Waals surface area contributed by atoms with Crippen molar-refractivity contribution in [2.75, 3.05) is 12.4 Å². The van der Waals surface area contributed by atoms with Gasteiger partial charge in [-0.1, -0.05) is 41.9 Å². The minimum atomic E-state index is -0.198. The van der Waals surface area contributed by atoms with Gasteiger partial charge in [-0.2, -0.15) is 0 Å². The van der Waals surface area contributed by atoms with Crippen molar-refractivity contribution in [1.82, 2.24) is 0 Å². The molecule has 22 heavy (non-hydrogen) atoms. The normalized spacial score (nSPS) is 10.7. The highest BCUT2D eigenvalue weighted by Gasteiger charge is 2.06. The second-order valence-corrected chi connectivity index (χ2v) is 5.33. The largest absolute Gasteiger partial charge is 0.495 e. The van der Waals surface area contributed by atoms with Crippen LogP contribution in [0.25, 0.3) is 6.08 Å². The number of halogens is 1. The van der Waals surface area contributed by atoms with E-state index >= 15 is 0 Å². The highest BCUT2D eigenvalue weighted by atomic mass is 35.5. The van der Waals surface area contributed by atoms with Gasteiger partial charge >= 0.3 is 0 Å². The first kappa shape index (κ1) is 16.1. The molecule has 0 spiro atoms. The number of para-hydroxylation sites is 1. The predicted octanol–water partition coefficient (Wildman–Crippen LogP) is 4.62. The summed E-state index contributed by atoms with van der Waals surface area (Å²) in [5.41, 5.74) is 3.63. The average molecular weight is 316 g/mol. The summed E-state index contributed by atoms with van der Waals surface area (Å²) < 4.78 is 5.15. The highest BCUT2D eigenvalue weighted by Crippen LogP contribution is 2.28. The summed E-state index contributed by atoms with van der Waals surface area (Å²) in [6, 6.07) is 11.3. The Morgan fingerprint density at radius 2 is 1.77 bits per heavy atom. The molecule has 0 unspecified atom stereocenters. The Hall–Kier alpha value is -2.26. The van der Waals surface area contributed by atoms with E-state index in [2.05, 4.69) is 5.32 Å². The molecular formula is C18H18ClNO2. The number of methoxy groups -OCH3 is 1. The van der Waals surface area contributed by atoms with Gasteiger partial charge in [0.25, 0.3) is 0 Å². The van der Waals surface area contributed by atoms with E-state index in [1.165, 1.54) is 6.08 Å². The fourth-order valence-corrected chi connectivity index (χ4v) is 2.42. The van der Waals surface area contributed by atoms with Crippen LogP contribution in [0.1, 0.15) is 16.7 Å². The number of hydrogen-bond donors (Lipinski definition) is 1. The molecule has 0 aliphatic rings. The smallest absolute Gasteiger partial charge is 0.248 e. The summed E-state index contributed by atoms with van der Waals surface area (Å²) in [6.45, 7) is 3.93. The lowest BCUT2D eigenvalue weighted by molar-refractivity contribution is -0.111. The highest BCUT2D eigenvalue weighted by molar-refractivity contribution is 6.33. The summed E-state index contributed by atoms with van der Waals surface area (Å²) in [5.74, 6) is 0.384. The van der Waals surface area contributed by atoms with Crippen LogP contribution in [-0.2, 0) is 4.79 Å². The zero-order chi connectivity index (χ0) is 16.1. The van der Waals surface area contributed by atoms with E-state index in [4.69, 9.17) is 16.3 Å². The van der Waals surface area contributed by atoms with E-state index in [1.807, 2.05) is 44.2 Å². The lowest BCUT2D eigenvalue weighted by atomic mass is 10.1. The molecule has 114 valence electrons. The molecule has 0 aliphatic carbocycles. The third kappa shape index (κ3) is 3.68. The Labute approximate surface area is 135 Å². The van der Waals surface area contributed by atoms with Crippen LogP contribution in [0.4, 0.5) is 5.69 Å². The van der Waals surface area contributed by atoms with Crippen LogP contribution in [0, 0.1) is 13.8 Å². The second-order valence-electron chi connectivity index (χ2n) is 4.95. The van der Waals surface area contributed by atoms with Gasteiger partial charge in [0.2, 0.25) is 5.91 Å². The Kier molecular flexibility index (Phi) is 5.23. The van der Waals surface area contributed by atoms with Crippen molar-refractivity contribution in [3.8, 4) is 5.75 Å². The molecule has 1 N–H and O–H groups in total. The maximum atomic E-state index is 12.1. The Balaban J connectivity index is 2.16. The fourth-order valence-electron chi connectivity index (χ4n) is 2.16. The molecule has 0 bridgehead atoms. The third-order valence-electron chi connectivity index (χ3n) is 3.36.